The van der Waals surface area contributed by atoms with Crippen molar-refractivity contribution in [1.29, 1.82) is 0 Å². The number of likely N-dealkylation sites (N-methyl/N-ethyl adjacent to an activating group) is 1. The molecule has 146 valence electrons. The molecule has 1 fully saturated rings. The number of hydrogen-bond acceptors (Lipinski definition) is 5. The highest BCUT2D eigenvalue weighted by molar-refractivity contribution is 7.89. The number of nitrogens with zero attached hydrogens (tertiary/aromatic N) is 1. The molecule has 0 spiro atoms. The van der Waals surface area contributed by atoms with Gasteiger partial charge in [-0.2, -0.15) is 0 Å². The van der Waals surface area contributed by atoms with Crippen molar-refractivity contribution in [3.8, 4) is 5.75 Å². The SMILES string of the molecule is CN(C(=O)CCNS(=O)(=O)c1ccc(OC(F)(F)F)cc1)C1CCNC1. The number of nitrogens with one attached hydrogen (secondary N) is 2. The predicted molar refractivity (Wildman–Crippen MR) is 87.0 cm³/mol. The Morgan fingerprint density at radius 2 is 2.00 bits per heavy atom. The highest BCUT2D eigenvalue weighted by Crippen LogP contribution is 2.23. The number of alkyl halides is 3. The van der Waals surface area contributed by atoms with Crippen LogP contribution in [0, 0.1) is 0 Å². The molecule has 0 saturated carbocycles. The number of carbonyl (C=O) groups is 1. The molecule has 1 aliphatic heterocycles. The fourth-order valence-corrected chi connectivity index (χ4v) is 3.58. The quantitative estimate of drug-likeness (QED) is 0.721. The first-order valence-corrected chi connectivity index (χ1v) is 9.39. The van der Waals surface area contributed by atoms with E-state index in [9.17, 15) is 26.4 Å². The molecule has 0 radical (unpaired) electrons. The van der Waals surface area contributed by atoms with E-state index in [1.165, 1.54) is 0 Å². The van der Waals surface area contributed by atoms with E-state index in [1.54, 1.807) is 11.9 Å². The fourth-order valence-electron chi connectivity index (χ4n) is 2.55. The van der Waals surface area contributed by atoms with Gasteiger partial charge < -0.3 is 15.0 Å². The van der Waals surface area contributed by atoms with E-state index in [1.807, 2.05) is 0 Å². The van der Waals surface area contributed by atoms with Crippen LogP contribution < -0.4 is 14.8 Å². The van der Waals surface area contributed by atoms with Gasteiger partial charge in [-0.25, -0.2) is 13.1 Å². The van der Waals surface area contributed by atoms with Gasteiger partial charge in [-0.1, -0.05) is 0 Å². The summed E-state index contributed by atoms with van der Waals surface area (Å²) in [6.45, 7) is 1.44. The van der Waals surface area contributed by atoms with E-state index < -0.39 is 22.1 Å². The number of sulfonamides is 1. The number of rotatable bonds is 7. The molecule has 1 saturated heterocycles. The van der Waals surface area contributed by atoms with Crippen molar-refractivity contribution in [2.45, 2.75) is 30.1 Å². The molecule has 0 bridgehead atoms. The highest BCUT2D eigenvalue weighted by atomic mass is 32.2. The largest absolute Gasteiger partial charge is 0.573 e. The van der Waals surface area contributed by atoms with Crippen LogP contribution >= 0.6 is 0 Å². The van der Waals surface area contributed by atoms with E-state index in [-0.39, 0.29) is 29.8 Å². The lowest BCUT2D eigenvalue weighted by atomic mass is 10.2. The van der Waals surface area contributed by atoms with Gasteiger partial charge in [0.1, 0.15) is 5.75 Å². The first-order chi connectivity index (χ1) is 12.1. The maximum absolute atomic E-state index is 12.1. The normalized spacial score (nSPS) is 17.9. The van der Waals surface area contributed by atoms with Gasteiger partial charge in [-0.15, -0.1) is 13.2 Å². The molecule has 26 heavy (non-hydrogen) atoms. The molecule has 2 N–H and O–H groups in total. The predicted octanol–water partition coefficient (Wildman–Crippen LogP) is 1.07. The van der Waals surface area contributed by atoms with Crippen LogP contribution in [0.15, 0.2) is 29.2 Å². The van der Waals surface area contributed by atoms with E-state index in [2.05, 4.69) is 14.8 Å². The minimum absolute atomic E-state index is 0.0124. The molecule has 1 aromatic carbocycles. The topological polar surface area (TPSA) is 87.7 Å². The molecule has 1 unspecified atom stereocenters. The van der Waals surface area contributed by atoms with Crippen molar-refractivity contribution >= 4 is 15.9 Å². The van der Waals surface area contributed by atoms with E-state index in [0.717, 1.165) is 37.2 Å². The first-order valence-electron chi connectivity index (χ1n) is 7.90. The molecule has 1 heterocycles. The van der Waals surface area contributed by atoms with Gasteiger partial charge in [0.05, 0.1) is 4.90 Å². The molecular formula is C15H20F3N3O4S. The molecule has 2 rings (SSSR count). The molecular weight excluding hydrogens is 375 g/mol. The Hall–Kier alpha value is -1.85. The van der Waals surface area contributed by atoms with Crippen LogP contribution in [-0.4, -0.2) is 58.3 Å². The third-order valence-electron chi connectivity index (χ3n) is 3.97. The Labute approximate surface area is 149 Å². The standard InChI is InChI=1S/C15H20F3N3O4S/c1-21(11-6-8-19-10-11)14(22)7-9-20-26(23,24)13-4-2-12(3-5-13)25-15(16,17)18/h2-5,11,19-20H,6-10H2,1H3. The summed E-state index contributed by atoms with van der Waals surface area (Å²) in [5.74, 6) is -0.700. The average Bonchev–Trinajstić information content (AvgIpc) is 3.07. The summed E-state index contributed by atoms with van der Waals surface area (Å²) >= 11 is 0. The molecule has 11 heteroatoms. The molecule has 1 amide bonds. The molecule has 7 nitrogen and oxygen atoms in total. The zero-order valence-electron chi connectivity index (χ0n) is 14.0. The van der Waals surface area contributed by atoms with Crippen LogP contribution in [-0.2, 0) is 14.8 Å². The summed E-state index contributed by atoms with van der Waals surface area (Å²) in [5, 5.41) is 3.14. The second-order valence-electron chi connectivity index (χ2n) is 5.82. The van der Waals surface area contributed by atoms with Crippen molar-refractivity contribution in [2.24, 2.45) is 0 Å². The Bertz CT molecular complexity index is 717. The van der Waals surface area contributed by atoms with Crippen LogP contribution in [0.1, 0.15) is 12.8 Å². The van der Waals surface area contributed by atoms with Crippen LogP contribution in [0.5, 0.6) is 5.75 Å². The average molecular weight is 395 g/mol. The number of ether oxygens (including phenoxy) is 1. The minimum Gasteiger partial charge on any atom is -0.406 e. The van der Waals surface area contributed by atoms with E-state index >= 15 is 0 Å². The highest BCUT2D eigenvalue weighted by Gasteiger charge is 2.31. The fraction of sp³-hybridized carbons (Fsp3) is 0.533. The van der Waals surface area contributed by atoms with E-state index in [4.69, 9.17) is 0 Å². The van der Waals surface area contributed by atoms with Gasteiger partial charge in [-0.05, 0) is 37.2 Å². The molecule has 1 aliphatic rings. The van der Waals surface area contributed by atoms with Crippen molar-refractivity contribution < 1.29 is 31.1 Å². The Morgan fingerprint density at radius 1 is 1.35 bits per heavy atom. The van der Waals surface area contributed by atoms with Gasteiger partial charge >= 0.3 is 6.36 Å². The van der Waals surface area contributed by atoms with Crippen molar-refractivity contribution in [1.82, 2.24) is 14.9 Å². The lowest BCUT2D eigenvalue weighted by Gasteiger charge is -2.23. The van der Waals surface area contributed by atoms with E-state index in [0.29, 0.717) is 6.54 Å². The number of carbonyl (C=O) groups excluding carboxylic acids is 1. The maximum Gasteiger partial charge on any atom is 0.573 e. The van der Waals surface area contributed by atoms with Gasteiger partial charge in [-0.3, -0.25) is 4.79 Å². The summed E-state index contributed by atoms with van der Waals surface area (Å²) in [6, 6.07) is 3.92. The first kappa shape index (κ1) is 20.5. The van der Waals surface area contributed by atoms with Crippen LogP contribution in [0.3, 0.4) is 0 Å². The summed E-state index contributed by atoms with van der Waals surface area (Å²) in [7, 11) is -2.26. The molecule has 1 atom stereocenters. The van der Waals surface area contributed by atoms with Gasteiger partial charge in [0.2, 0.25) is 15.9 Å². The Morgan fingerprint density at radius 3 is 2.54 bits per heavy atom. The lowest BCUT2D eigenvalue weighted by Crippen LogP contribution is -2.40. The second-order valence-corrected chi connectivity index (χ2v) is 7.59. The van der Waals surface area contributed by atoms with Crippen molar-refractivity contribution in [3.63, 3.8) is 0 Å². The van der Waals surface area contributed by atoms with Crippen LogP contribution in [0.4, 0.5) is 13.2 Å². The van der Waals surface area contributed by atoms with Gasteiger partial charge in [0.15, 0.2) is 0 Å². The van der Waals surface area contributed by atoms with Crippen LogP contribution in [0.25, 0.3) is 0 Å². The Kier molecular flexibility index (Phi) is 6.48. The van der Waals surface area contributed by atoms with Crippen molar-refractivity contribution in [3.05, 3.63) is 24.3 Å². The second kappa shape index (κ2) is 8.23. The summed E-state index contributed by atoms with van der Waals surface area (Å²) in [5.41, 5.74) is 0. The summed E-state index contributed by atoms with van der Waals surface area (Å²) in [6.07, 6.45) is -4.01. The van der Waals surface area contributed by atoms with Crippen LogP contribution in [0.2, 0.25) is 0 Å². The van der Waals surface area contributed by atoms with Crippen molar-refractivity contribution in [2.75, 3.05) is 26.7 Å². The summed E-state index contributed by atoms with van der Waals surface area (Å²) in [4.78, 5) is 13.4. The molecule has 0 aliphatic carbocycles. The Balaban J connectivity index is 1.87. The zero-order chi connectivity index (χ0) is 19.4. The summed E-state index contributed by atoms with van der Waals surface area (Å²) < 4.78 is 66.5. The third-order valence-corrected chi connectivity index (χ3v) is 5.45. The van der Waals surface area contributed by atoms with Gasteiger partial charge in [0.25, 0.3) is 0 Å². The molecule has 1 aromatic rings. The van der Waals surface area contributed by atoms with Gasteiger partial charge in [0, 0.05) is 32.6 Å². The monoisotopic (exact) mass is 395 g/mol. The number of hydrogen-bond donors (Lipinski definition) is 2. The lowest BCUT2D eigenvalue weighted by molar-refractivity contribution is -0.274. The maximum atomic E-state index is 12.1. The minimum atomic E-state index is -4.85. The number of benzene rings is 1. The molecule has 0 aromatic heterocycles. The number of amides is 1. The zero-order valence-corrected chi connectivity index (χ0v) is 14.9. The smallest absolute Gasteiger partial charge is 0.406 e. The third kappa shape index (κ3) is 5.85. The number of halogens is 3.